The summed E-state index contributed by atoms with van der Waals surface area (Å²) in [6.07, 6.45) is 16.1. The number of hydrogen-bond acceptors (Lipinski definition) is 0. The van der Waals surface area contributed by atoms with Crippen LogP contribution in [0.15, 0.2) is 23.8 Å². The van der Waals surface area contributed by atoms with Crippen molar-refractivity contribution in [2.24, 2.45) is 10.8 Å². The molecule has 0 aliphatic heterocycles. The van der Waals surface area contributed by atoms with E-state index in [1.807, 2.05) is 0 Å². The standard InChI is InChI=1S/C13H21.3C4H9.Sn/c1-12(2,3)10-8-7-9-11(10)13(4,5)6;3*1-3-4-2;/h7-9H,1-6H3;3*1,3-4H2,2H3;. The molecule has 0 aromatic carbocycles. The molecule has 0 fully saturated rings. The molecule has 0 nitrogen and oxygen atoms in total. The van der Waals surface area contributed by atoms with Crippen LogP contribution in [0.4, 0.5) is 0 Å². The molecule has 1 aliphatic rings. The van der Waals surface area contributed by atoms with Gasteiger partial charge in [0.1, 0.15) is 0 Å². The van der Waals surface area contributed by atoms with Gasteiger partial charge in [-0.3, -0.25) is 0 Å². The van der Waals surface area contributed by atoms with Crippen LogP contribution in [0, 0.1) is 10.8 Å². The molecule has 1 rings (SSSR count). The van der Waals surface area contributed by atoms with E-state index in [2.05, 4.69) is 80.5 Å². The van der Waals surface area contributed by atoms with E-state index in [9.17, 15) is 0 Å². The Morgan fingerprint density at radius 1 is 0.769 bits per heavy atom. The van der Waals surface area contributed by atoms with E-state index >= 15 is 0 Å². The van der Waals surface area contributed by atoms with Crippen molar-refractivity contribution in [3.05, 3.63) is 23.8 Å². The Morgan fingerprint density at radius 2 is 1.19 bits per heavy atom. The first-order valence-corrected chi connectivity index (χ1v) is 18.9. The van der Waals surface area contributed by atoms with E-state index in [4.69, 9.17) is 0 Å². The van der Waals surface area contributed by atoms with Gasteiger partial charge in [-0.05, 0) is 0 Å². The maximum atomic E-state index is 2.73. The van der Waals surface area contributed by atoms with Crippen LogP contribution in [0.3, 0.4) is 0 Å². The van der Waals surface area contributed by atoms with Gasteiger partial charge in [0.25, 0.3) is 0 Å². The fourth-order valence-corrected chi connectivity index (χ4v) is 28.9. The Kier molecular flexibility index (Phi) is 9.03. The Morgan fingerprint density at radius 3 is 1.50 bits per heavy atom. The van der Waals surface area contributed by atoms with E-state index in [0.717, 1.165) is 0 Å². The van der Waals surface area contributed by atoms with Crippen LogP contribution >= 0.6 is 0 Å². The van der Waals surface area contributed by atoms with Crippen LogP contribution in [0.25, 0.3) is 0 Å². The third-order valence-corrected chi connectivity index (χ3v) is 26.3. The Hall–Kier alpha value is 0.279. The minimum atomic E-state index is -2.53. The summed E-state index contributed by atoms with van der Waals surface area (Å²) >= 11 is -2.53. The first-order chi connectivity index (χ1) is 12.0. The van der Waals surface area contributed by atoms with Gasteiger partial charge in [0.15, 0.2) is 0 Å². The van der Waals surface area contributed by atoms with Crippen LogP contribution < -0.4 is 0 Å². The Labute approximate surface area is 170 Å². The summed E-state index contributed by atoms with van der Waals surface area (Å²) < 4.78 is 5.14. The summed E-state index contributed by atoms with van der Waals surface area (Å²) in [5, 5.41) is 0. The molecule has 1 atom stereocenters. The minimum absolute atomic E-state index is 0.267. The van der Waals surface area contributed by atoms with E-state index < -0.39 is 18.4 Å². The van der Waals surface area contributed by atoms with Crippen molar-refractivity contribution in [3.8, 4) is 0 Å². The molecule has 0 saturated heterocycles. The molecule has 26 heavy (non-hydrogen) atoms. The Balaban J connectivity index is 3.65. The molecular weight excluding hydrogens is 419 g/mol. The SMILES string of the molecule is CCC[CH2][Sn]([CH2]CCC)([CH2]CCC)[C]1(C(C)(C)C)C=CC=C1C(C)(C)C. The maximum absolute atomic E-state index is 2.73. The first kappa shape index (κ1) is 24.3. The van der Waals surface area contributed by atoms with Gasteiger partial charge in [-0.2, -0.15) is 0 Å². The monoisotopic (exact) mass is 468 g/mol. The molecule has 1 heteroatoms. The molecule has 0 saturated carbocycles. The second-order valence-electron chi connectivity index (χ2n) is 10.8. The first-order valence-electron chi connectivity index (χ1n) is 11.4. The number of hydrogen-bond donors (Lipinski definition) is 0. The zero-order valence-corrected chi connectivity index (χ0v) is 22.5. The fourth-order valence-electron chi connectivity index (χ4n) is 5.78. The van der Waals surface area contributed by atoms with Gasteiger partial charge < -0.3 is 0 Å². The van der Waals surface area contributed by atoms with E-state index in [0.29, 0.717) is 8.85 Å². The third-order valence-electron chi connectivity index (χ3n) is 6.89. The van der Waals surface area contributed by atoms with Gasteiger partial charge in [0.2, 0.25) is 0 Å². The topological polar surface area (TPSA) is 0 Å². The fraction of sp³-hybridized carbons (Fsp3) is 0.840. The summed E-state index contributed by atoms with van der Waals surface area (Å²) in [7, 11) is 0. The van der Waals surface area contributed by atoms with Crippen molar-refractivity contribution in [2.75, 3.05) is 0 Å². The summed E-state index contributed by atoms with van der Waals surface area (Å²) in [5.74, 6) is 0. The van der Waals surface area contributed by atoms with Gasteiger partial charge in [0.05, 0.1) is 0 Å². The molecule has 0 amide bonds. The summed E-state index contributed by atoms with van der Waals surface area (Å²) in [6.45, 7) is 22.2. The van der Waals surface area contributed by atoms with Crippen molar-refractivity contribution >= 4 is 18.4 Å². The average Bonchev–Trinajstić information content (AvgIpc) is 3.01. The Bertz CT molecular complexity index is 461. The number of allylic oxidation sites excluding steroid dienone is 4. The van der Waals surface area contributed by atoms with Crippen LogP contribution in [-0.2, 0) is 0 Å². The molecule has 0 bridgehead atoms. The average molecular weight is 467 g/mol. The van der Waals surface area contributed by atoms with Crippen molar-refractivity contribution in [1.82, 2.24) is 0 Å². The van der Waals surface area contributed by atoms with Crippen molar-refractivity contribution < 1.29 is 0 Å². The molecule has 0 heterocycles. The van der Waals surface area contributed by atoms with Gasteiger partial charge in [0, 0.05) is 0 Å². The van der Waals surface area contributed by atoms with E-state index in [-0.39, 0.29) is 5.41 Å². The van der Waals surface area contributed by atoms with Gasteiger partial charge in [-0.25, -0.2) is 0 Å². The second kappa shape index (κ2) is 9.66. The summed E-state index contributed by atoms with van der Waals surface area (Å²) in [5.41, 5.74) is 2.37. The van der Waals surface area contributed by atoms with Crippen LogP contribution in [0.1, 0.15) is 101 Å². The zero-order valence-electron chi connectivity index (χ0n) is 19.6. The van der Waals surface area contributed by atoms with Crippen molar-refractivity contribution in [1.29, 1.82) is 0 Å². The summed E-state index contributed by atoms with van der Waals surface area (Å²) in [4.78, 5) is 0. The van der Waals surface area contributed by atoms with Gasteiger partial charge >= 0.3 is 171 Å². The molecular formula is C25H48Sn. The molecule has 152 valence electrons. The van der Waals surface area contributed by atoms with Crippen LogP contribution in [-0.4, -0.2) is 18.4 Å². The zero-order chi connectivity index (χ0) is 20.1. The van der Waals surface area contributed by atoms with Crippen molar-refractivity contribution in [2.45, 2.75) is 118 Å². The van der Waals surface area contributed by atoms with Gasteiger partial charge in [-0.1, -0.05) is 0 Å². The third kappa shape index (κ3) is 4.81. The molecule has 0 aromatic heterocycles. The van der Waals surface area contributed by atoms with E-state index in [1.54, 1.807) is 18.9 Å². The quantitative estimate of drug-likeness (QED) is 0.281. The number of rotatable bonds is 10. The molecule has 1 aliphatic carbocycles. The predicted octanol–water partition coefficient (Wildman–Crippen LogP) is 9.16. The van der Waals surface area contributed by atoms with Crippen LogP contribution in [0.5, 0.6) is 0 Å². The van der Waals surface area contributed by atoms with Gasteiger partial charge in [-0.15, -0.1) is 0 Å². The second-order valence-corrected chi connectivity index (χ2v) is 24.7. The van der Waals surface area contributed by atoms with Crippen LogP contribution in [0.2, 0.25) is 16.7 Å². The van der Waals surface area contributed by atoms with E-state index in [1.165, 1.54) is 38.5 Å². The molecule has 0 aromatic rings. The molecule has 0 radical (unpaired) electrons. The predicted molar refractivity (Wildman–Crippen MR) is 124 cm³/mol. The summed E-state index contributed by atoms with van der Waals surface area (Å²) in [6, 6.07) is 0. The molecule has 0 spiro atoms. The molecule has 0 N–H and O–H groups in total. The molecule has 1 unspecified atom stereocenters. The van der Waals surface area contributed by atoms with Crippen molar-refractivity contribution in [3.63, 3.8) is 0 Å². The normalized spacial score (nSPS) is 21.3. The number of unbranched alkanes of at least 4 members (excludes halogenated alkanes) is 3.